The first kappa shape index (κ1) is 22.3. The second-order valence-electron chi connectivity index (χ2n) is 8.57. The second-order valence-corrected chi connectivity index (χ2v) is 8.57. The standard InChI is InChI=1S/C26H33N3O3/c1-2-32-23-11-9-21(10-12-23)19-25(30)28-15-6-14-27(17-18-28)24-13-16-29(26(24)31)20-22-7-4-3-5-8-22/h3-5,7-12,24H,2,6,13-20H2,1H3. The number of likely N-dealkylation sites (tertiary alicyclic amines) is 1. The number of nitrogens with zero attached hydrogens (tertiary/aromatic N) is 3. The van der Waals surface area contributed by atoms with Gasteiger partial charge < -0.3 is 14.5 Å². The van der Waals surface area contributed by atoms with E-state index in [0.29, 0.717) is 26.1 Å². The molecule has 2 fully saturated rings. The predicted octanol–water partition coefficient (Wildman–Crippen LogP) is 2.96. The molecular weight excluding hydrogens is 402 g/mol. The van der Waals surface area contributed by atoms with Crippen LogP contribution < -0.4 is 4.74 Å². The molecule has 0 spiro atoms. The highest BCUT2D eigenvalue weighted by atomic mass is 16.5. The molecule has 2 amide bonds. The van der Waals surface area contributed by atoms with Crippen molar-refractivity contribution in [2.75, 3.05) is 39.3 Å². The Bertz CT molecular complexity index is 900. The van der Waals surface area contributed by atoms with Gasteiger partial charge in [-0.25, -0.2) is 0 Å². The van der Waals surface area contributed by atoms with Crippen LogP contribution in [0, 0.1) is 0 Å². The van der Waals surface area contributed by atoms with Crippen LogP contribution in [0.3, 0.4) is 0 Å². The van der Waals surface area contributed by atoms with Gasteiger partial charge in [-0.2, -0.15) is 0 Å². The van der Waals surface area contributed by atoms with E-state index >= 15 is 0 Å². The van der Waals surface area contributed by atoms with E-state index in [1.807, 2.05) is 59.2 Å². The Hall–Kier alpha value is -2.86. The molecule has 0 aliphatic carbocycles. The summed E-state index contributed by atoms with van der Waals surface area (Å²) in [5.74, 6) is 1.21. The fourth-order valence-corrected chi connectivity index (χ4v) is 4.68. The van der Waals surface area contributed by atoms with E-state index in [-0.39, 0.29) is 17.9 Å². The molecule has 6 nitrogen and oxygen atoms in total. The number of rotatable bonds is 7. The van der Waals surface area contributed by atoms with Crippen molar-refractivity contribution in [1.29, 1.82) is 0 Å². The van der Waals surface area contributed by atoms with Gasteiger partial charge in [0, 0.05) is 39.3 Å². The van der Waals surface area contributed by atoms with Gasteiger partial charge in [-0.05, 0) is 43.0 Å². The van der Waals surface area contributed by atoms with Gasteiger partial charge in [0.15, 0.2) is 0 Å². The molecule has 32 heavy (non-hydrogen) atoms. The molecule has 1 unspecified atom stereocenters. The van der Waals surface area contributed by atoms with Crippen LogP contribution >= 0.6 is 0 Å². The zero-order valence-corrected chi connectivity index (χ0v) is 18.9. The minimum atomic E-state index is -0.0557. The maximum atomic E-state index is 13.0. The lowest BCUT2D eigenvalue weighted by Gasteiger charge is -2.26. The molecule has 2 aromatic carbocycles. The fraction of sp³-hybridized carbons (Fsp3) is 0.462. The first-order valence-electron chi connectivity index (χ1n) is 11.7. The van der Waals surface area contributed by atoms with E-state index in [0.717, 1.165) is 50.3 Å². The summed E-state index contributed by atoms with van der Waals surface area (Å²) in [7, 11) is 0. The minimum absolute atomic E-state index is 0.0557. The highest BCUT2D eigenvalue weighted by Gasteiger charge is 2.36. The summed E-state index contributed by atoms with van der Waals surface area (Å²) in [6, 6.07) is 17.9. The number of ether oxygens (including phenoxy) is 1. The van der Waals surface area contributed by atoms with Gasteiger partial charge in [0.25, 0.3) is 0 Å². The van der Waals surface area contributed by atoms with Crippen LogP contribution in [-0.2, 0) is 22.6 Å². The van der Waals surface area contributed by atoms with Gasteiger partial charge in [-0.3, -0.25) is 14.5 Å². The van der Waals surface area contributed by atoms with Crippen LogP contribution in [0.1, 0.15) is 30.9 Å². The van der Waals surface area contributed by atoms with Gasteiger partial charge >= 0.3 is 0 Å². The van der Waals surface area contributed by atoms with Crippen molar-refractivity contribution in [2.24, 2.45) is 0 Å². The second kappa shape index (κ2) is 10.6. The first-order valence-corrected chi connectivity index (χ1v) is 11.7. The van der Waals surface area contributed by atoms with Crippen LogP contribution in [0.25, 0.3) is 0 Å². The van der Waals surface area contributed by atoms with E-state index in [2.05, 4.69) is 17.0 Å². The fourth-order valence-electron chi connectivity index (χ4n) is 4.68. The lowest BCUT2D eigenvalue weighted by atomic mass is 10.1. The van der Waals surface area contributed by atoms with E-state index in [9.17, 15) is 9.59 Å². The average Bonchev–Trinajstić information content (AvgIpc) is 3.01. The maximum Gasteiger partial charge on any atom is 0.240 e. The van der Waals surface area contributed by atoms with Crippen molar-refractivity contribution in [2.45, 2.75) is 38.8 Å². The van der Waals surface area contributed by atoms with Crippen molar-refractivity contribution in [3.63, 3.8) is 0 Å². The highest BCUT2D eigenvalue weighted by Crippen LogP contribution is 2.21. The van der Waals surface area contributed by atoms with Gasteiger partial charge in [-0.1, -0.05) is 42.5 Å². The molecule has 0 saturated carbocycles. The summed E-state index contributed by atoms with van der Waals surface area (Å²) >= 11 is 0. The Morgan fingerprint density at radius 1 is 0.938 bits per heavy atom. The molecule has 6 heteroatoms. The van der Waals surface area contributed by atoms with Crippen molar-refractivity contribution in [3.05, 3.63) is 65.7 Å². The third-order valence-corrected chi connectivity index (χ3v) is 6.40. The molecule has 0 N–H and O–H groups in total. The molecule has 2 aromatic rings. The Labute approximate surface area is 190 Å². The highest BCUT2D eigenvalue weighted by molar-refractivity contribution is 5.84. The molecule has 1 atom stereocenters. The monoisotopic (exact) mass is 435 g/mol. The van der Waals surface area contributed by atoms with Gasteiger partial charge in [0.2, 0.25) is 11.8 Å². The quantitative estimate of drug-likeness (QED) is 0.671. The molecule has 2 heterocycles. The van der Waals surface area contributed by atoms with Crippen LogP contribution in [0.4, 0.5) is 0 Å². The van der Waals surface area contributed by atoms with Crippen LogP contribution in [-0.4, -0.2) is 71.9 Å². The van der Waals surface area contributed by atoms with E-state index in [1.54, 1.807) is 0 Å². The molecule has 2 aliphatic heterocycles. The van der Waals surface area contributed by atoms with Gasteiger partial charge in [0.05, 0.1) is 19.1 Å². The molecule has 0 aromatic heterocycles. The van der Waals surface area contributed by atoms with Crippen LogP contribution in [0.2, 0.25) is 0 Å². The number of hydrogen-bond donors (Lipinski definition) is 0. The van der Waals surface area contributed by atoms with Crippen molar-refractivity contribution >= 4 is 11.8 Å². The number of benzene rings is 2. The van der Waals surface area contributed by atoms with Crippen LogP contribution in [0.5, 0.6) is 5.75 Å². The predicted molar refractivity (Wildman–Crippen MR) is 124 cm³/mol. The minimum Gasteiger partial charge on any atom is -0.494 e. The lowest BCUT2D eigenvalue weighted by molar-refractivity contribution is -0.132. The number of carbonyl (C=O) groups excluding carboxylic acids is 2. The zero-order chi connectivity index (χ0) is 22.3. The molecule has 2 aliphatic rings. The Morgan fingerprint density at radius 3 is 2.47 bits per heavy atom. The molecule has 170 valence electrons. The van der Waals surface area contributed by atoms with Crippen LogP contribution in [0.15, 0.2) is 54.6 Å². The van der Waals surface area contributed by atoms with E-state index < -0.39 is 0 Å². The summed E-state index contributed by atoms with van der Waals surface area (Å²) in [6.45, 7) is 7.12. The Kier molecular flexibility index (Phi) is 7.43. The first-order chi connectivity index (χ1) is 15.6. The summed E-state index contributed by atoms with van der Waals surface area (Å²) in [6.07, 6.45) is 2.17. The van der Waals surface area contributed by atoms with Gasteiger partial charge in [0.1, 0.15) is 5.75 Å². The number of carbonyl (C=O) groups is 2. The van der Waals surface area contributed by atoms with Crippen molar-refractivity contribution in [3.8, 4) is 5.75 Å². The maximum absolute atomic E-state index is 13.0. The summed E-state index contributed by atoms with van der Waals surface area (Å²) < 4.78 is 5.48. The van der Waals surface area contributed by atoms with Crippen molar-refractivity contribution < 1.29 is 14.3 Å². The largest absolute Gasteiger partial charge is 0.494 e. The van der Waals surface area contributed by atoms with Crippen molar-refractivity contribution in [1.82, 2.24) is 14.7 Å². The molecule has 0 bridgehead atoms. The van der Waals surface area contributed by atoms with E-state index in [1.165, 1.54) is 5.56 Å². The SMILES string of the molecule is CCOc1ccc(CC(=O)N2CCCN(C3CCN(Cc4ccccc4)C3=O)CC2)cc1. The number of hydrogen-bond acceptors (Lipinski definition) is 4. The summed E-state index contributed by atoms with van der Waals surface area (Å²) in [5.41, 5.74) is 2.17. The molecule has 2 saturated heterocycles. The van der Waals surface area contributed by atoms with Gasteiger partial charge in [-0.15, -0.1) is 0 Å². The Balaban J connectivity index is 1.29. The third-order valence-electron chi connectivity index (χ3n) is 6.40. The summed E-state index contributed by atoms with van der Waals surface area (Å²) in [5, 5.41) is 0. The Morgan fingerprint density at radius 2 is 1.72 bits per heavy atom. The zero-order valence-electron chi connectivity index (χ0n) is 18.9. The molecular formula is C26H33N3O3. The third kappa shape index (κ3) is 5.49. The normalized spacial score (nSPS) is 19.8. The van der Waals surface area contributed by atoms with E-state index in [4.69, 9.17) is 4.74 Å². The average molecular weight is 436 g/mol. The molecule has 4 rings (SSSR count). The lowest BCUT2D eigenvalue weighted by Crippen LogP contribution is -2.44. The smallest absolute Gasteiger partial charge is 0.240 e. The number of amides is 2. The molecule has 0 radical (unpaired) electrons. The topological polar surface area (TPSA) is 53.1 Å². The summed E-state index contributed by atoms with van der Waals surface area (Å²) in [4.78, 5) is 32.1.